The number of hydrogen-bond donors (Lipinski definition) is 3. The van der Waals surface area contributed by atoms with E-state index in [1.807, 2.05) is 7.05 Å². The fourth-order valence-electron chi connectivity index (χ4n) is 3.69. The molecule has 3 aromatic rings. The topological polar surface area (TPSA) is 108 Å². The Morgan fingerprint density at radius 2 is 2.21 bits per heavy atom. The number of halogens is 1. The number of H-pyrrole nitrogens is 1. The molecule has 0 spiro atoms. The first kappa shape index (κ1) is 19.6. The van der Waals surface area contributed by atoms with Gasteiger partial charge in [0.15, 0.2) is 0 Å². The summed E-state index contributed by atoms with van der Waals surface area (Å²) in [6, 6.07) is 3.15. The first-order valence-electron chi connectivity index (χ1n) is 9.41. The predicted molar refractivity (Wildman–Crippen MR) is 116 cm³/mol. The zero-order valence-corrected chi connectivity index (χ0v) is 17.8. The Balaban J connectivity index is 1.72. The van der Waals surface area contributed by atoms with Crippen LogP contribution in [0.25, 0.3) is 11.0 Å². The Labute approximate surface area is 175 Å². The molecule has 1 fully saturated rings. The first-order valence-corrected chi connectivity index (χ1v) is 10.2. The van der Waals surface area contributed by atoms with Crippen LogP contribution in [-0.2, 0) is 7.05 Å². The number of aromatic nitrogens is 4. The SMILES string of the molecule is CNC1CCCN(c2c(Br)cnc3[nH]cc(NC(=O)c4ccc(=O)n(C)n4)c23)C1. The number of aromatic amines is 1. The minimum absolute atomic E-state index is 0.166. The van der Waals surface area contributed by atoms with E-state index >= 15 is 0 Å². The Hall–Kier alpha value is -2.72. The van der Waals surface area contributed by atoms with Gasteiger partial charge in [0.25, 0.3) is 11.5 Å². The standard InChI is InChI=1S/C19H22BrN7O2/c1-21-11-4-3-7-27(10-11)17-12(20)8-22-18-16(17)14(9-23-18)24-19(29)13-5-6-15(28)26(2)25-13/h5-6,8-9,11,21H,3-4,7,10H2,1-2H3,(H,22,23)(H,24,29). The van der Waals surface area contributed by atoms with Crippen molar-refractivity contribution in [1.29, 1.82) is 0 Å². The van der Waals surface area contributed by atoms with Crippen LogP contribution >= 0.6 is 15.9 Å². The normalized spacial score (nSPS) is 16.9. The second kappa shape index (κ2) is 7.96. The lowest BCUT2D eigenvalue weighted by Gasteiger charge is -2.35. The molecule has 3 aromatic heterocycles. The highest BCUT2D eigenvalue weighted by Gasteiger charge is 2.25. The second-order valence-electron chi connectivity index (χ2n) is 7.09. The monoisotopic (exact) mass is 459 g/mol. The number of fused-ring (bicyclic) bond motifs is 1. The summed E-state index contributed by atoms with van der Waals surface area (Å²) in [5.74, 6) is -0.390. The highest BCUT2D eigenvalue weighted by Crippen LogP contribution is 2.39. The van der Waals surface area contributed by atoms with Gasteiger partial charge in [-0.05, 0) is 41.9 Å². The summed E-state index contributed by atoms with van der Waals surface area (Å²) in [6.45, 7) is 1.80. The quantitative estimate of drug-likeness (QED) is 0.549. The smallest absolute Gasteiger partial charge is 0.276 e. The number of anilines is 2. The fourth-order valence-corrected chi connectivity index (χ4v) is 4.24. The predicted octanol–water partition coefficient (Wildman–Crippen LogP) is 1.86. The molecule has 1 aliphatic rings. The maximum absolute atomic E-state index is 12.7. The maximum Gasteiger partial charge on any atom is 0.276 e. The van der Waals surface area contributed by atoms with Crippen molar-refractivity contribution in [3.8, 4) is 0 Å². The number of piperidine rings is 1. The third-order valence-electron chi connectivity index (χ3n) is 5.22. The molecule has 1 amide bonds. The van der Waals surface area contributed by atoms with Gasteiger partial charge in [0.2, 0.25) is 0 Å². The number of hydrogen-bond acceptors (Lipinski definition) is 6. The molecule has 1 atom stereocenters. The van der Waals surface area contributed by atoms with Gasteiger partial charge in [-0.15, -0.1) is 0 Å². The minimum atomic E-state index is -0.390. The van der Waals surface area contributed by atoms with Crippen LogP contribution in [-0.4, -0.2) is 51.8 Å². The Morgan fingerprint density at radius 3 is 2.97 bits per heavy atom. The lowest BCUT2D eigenvalue weighted by atomic mass is 10.0. The molecule has 0 radical (unpaired) electrons. The molecule has 0 aliphatic carbocycles. The molecule has 0 bridgehead atoms. The van der Waals surface area contributed by atoms with E-state index in [1.165, 1.54) is 19.2 Å². The molecule has 9 nitrogen and oxygen atoms in total. The highest BCUT2D eigenvalue weighted by atomic mass is 79.9. The van der Waals surface area contributed by atoms with Crippen molar-refractivity contribution in [2.24, 2.45) is 7.05 Å². The van der Waals surface area contributed by atoms with Gasteiger partial charge in [0.1, 0.15) is 11.3 Å². The van der Waals surface area contributed by atoms with Crippen molar-refractivity contribution < 1.29 is 4.79 Å². The van der Waals surface area contributed by atoms with E-state index in [4.69, 9.17) is 0 Å². The summed E-state index contributed by atoms with van der Waals surface area (Å²) in [4.78, 5) is 34.2. The first-order chi connectivity index (χ1) is 14.0. The molecule has 1 saturated heterocycles. The van der Waals surface area contributed by atoms with Gasteiger partial charge in [0.05, 0.1) is 21.2 Å². The molecule has 152 valence electrons. The summed E-state index contributed by atoms with van der Waals surface area (Å²) in [7, 11) is 3.49. The molecule has 4 rings (SSSR count). The number of nitrogens with zero attached hydrogens (tertiary/aromatic N) is 4. The molecule has 1 aliphatic heterocycles. The number of rotatable bonds is 4. The lowest BCUT2D eigenvalue weighted by molar-refractivity contribution is 0.102. The van der Waals surface area contributed by atoms with Gasteiger partial charge in [-0.25, -0.2) is 9.67 Å². The molecular formula is C19H22BrN7O2. The van der Waals surface area contributed by atoms with Crippen LogP contribution in [0, 0.1) is 0 Å². The van der Waals surface area contributed by atoms with Gasteiger partial charge >= 0.3 is 0 Å². The molecule has 0 saturated carbocycles. The van der Waals surface area contributed by atoms with Crippen molar-refractivity contribution in [1.82, 2.24) is 25.1 Å². The van der Waals surface area contributed by atoms with E-state index in [0.717, 1.165) is 46.2 Å². The maximum atomic E-state index is 12.7. The van der Waals surface area contributed by atoms with Crippen molar-refractivity contribution in [3.63, 3.8) is 0 Å². The van der Waals surface area contributed by atoms with Crippen molar-refractivity contribution >= 4 is 44.2 Å². The third-order valence-corrected chi connectivity index (χ3v) is 5.80. The number of amides is 1. The largest absolute Gasteiger partial charge is 0.368 e. The summed E-state index contributed by atoms with van der Waals surface area (Å²) in [5.41, 5.74) is 2.21. The number of carbonyl (C=O) groups excluding carboxylic acids is 1. The zero-order chi connectivity index (χ0) is 20.5. The number of likely N-dealkylation sites (N-methyl/N-ethyl adjacent to an activating group) is 1. The average molecular weight is 460 g/mol. The Kier molecular flexibility index (Phi) is 5.37. The minimum Gasteiger partial charge on any atom is -0.368 e. The van der Waals surface area contributed by atoms with Crippen LogP contribution < -0.4 is 21.1 Å². The molecule has 10 heteroatoms. The number of carbonyl (C=O) groups is 1. The summed E-state index contributed by atoms with van der Waals surface area (Å²) < 4.78 is 2.01. The van der Waals surface area contributed by atoms with Gasteiger partial charge in [-0.1, -0.05) is 0 Å². The van der Waals surface area contributed by atoms with Crippen LogP contribution in [0.5, 0.6) is 0 Å². The summed E-state index contributed by atoms with van der Waals surface area (Å²) >= 11 is 3.64. The number of aryl methyl sites for hydroxylation is 1. The summed E-state index contributed by atoms with van der Waals surface area (Å²) in [6.07, 6.45) is 5.72. The van der Waals surface area contributed by atoms with Gasteiger partial charge in [-0.2, -0.15) is 5.10 Å². The van der Waals surface area contributed by atoms with E-state index in [-0.39, 0.29) is 17.2 Å². The Bertz CT molecular complexity index is 1120. The molecule has 1 unspecified atom stereocenters. The van der Waals surface area contributed by atoms with E-state index in [0.29, 0.717) is 17.4 Å². The lowest BCUT2D eigenvalue weighted by Crippen LogP contribution is -2.44. The molecule has 3 N–H and O–H groups in total. The average Bonchev–Trinajstić information content (AvgIpc) is 3.12. The molecule has 29 heavy (non-hydrogen) atoms. The fraction of sp³-hybridized carbons (Fsp3) is 0.368. The van der Waals surface area contributed by atoms with Crippen molar-refractivity contribution in [3.05, 3.63) is 45.0 Å². The number of pyridine rings is 1. The van der Waals surface area contributed by atoms with Crippen LogP contribution in [0.15, 0.2) is 33.8 Å². The van der Waals surface area contributed by atoms with E-state index < -0.39 is 0 Å². The Morgan fingerprint density at radius 1 is 1.38 bits per heavy atom. The third kappa shape index (κ3) is 3.77. The van der Waals surface area contributed by atoms with E-state index in [1.54, 1.807) is 12.4 Å². The second-order valence-corrected chi connectivity index (χ2v) is 7.94. The van der Waals surface area contributed by atoms with E-state index in [9.17, 15) is 9.59 Å². The number of nitrogens with one attached hydrogen (secondary N) is 3. The zero-order valence-electron chi connectivity index (χ0n) is 16.2. The van der Waals surface area contributed by atoms with Gasteiger partial charge in [0, 0.05) is 44.6 Å². The van der Waals surface area contributed by atoms with Crippen LogP contribution in [0.3, 0.4) is 0 Å². The van der Waals surface area contributed by atoms with Crippen molar-refractivity contribution in [2.45, 2.75) is 18.9 Å². The molecule has 4 heterocycles. The van der Waals surface area contributed by atoms with Crippen LogP contribution in [0.1, 0.15) is 23.3 Å². The summed E-state index contributed by atoms with van der Waals surface area (Å²) in [5, 5.41) is 11.1. The highest BCUT2D eigenvalue weighted by molar-refractivity contribution is 9.10. The van der Waals surface area contributed by atoms with Gasteiger partial charge < -0.3 is 20.5 Å². The van der Waals surface area contributed by atoms with E-state index in [2.05, 4.69) is 46.5 Å². The molecular weight excluding hydrogens is 438 g/mol. The van der Waals surface area contributed by atoms with Crippen LogP contribution in [0.4, 0.5) is 11.4 Å². The van der Waals surface area contributed by atoms with Crippen molar-refractivity contribution in [2.75, 3.05) is 30.4 Å². The van der Waals surface area contributed by atoms with Crippen LogP contribution in [0.2, 0.25) is 0 Å². The van der Waals surface area contributed by atoms with Gasteiger partial charge in [-0.3, -0.25) is 9.59 Å². The molecule has 0 aromatic carbocycles.